The summed E-state index contributed by atoms with van der Waals surface area (Å²) < 4.78 is 5.84. The molecule has 1 atom stereocenters. The highest BCUT2D eigenvalue weighted by Crippen LogP contribution is 2.29. The lowest BCUT2D eigenvalue weighted by atomic mass is 10.2. The number of ether oxygens (including phenoxy) is 1. The predicted octanol–water partition coefficient (Wildman–Crippen LogP) is 3.17. The molecule has 2 aromatic rings. The second kappa shape index (κ2) is 6.41. The van der Waals surface area contributed by atoms with Gasteiger partial charge in [-0.3, -0.25) is 4.79 Å². The zero-order chi connectivity index (χ0) is 14.5. The predicted molar refractivity (Wildman–Crippen MR) is 82.6 cm³/mol. The van der Waals surface area contributed by atoms with Crippen LogP contribution in [-0.4, -0.2) is 18.5 Å². The van der Waals surface area contributed by atoms with E-state index in [-0.39, 0.29) is 11.9 Å². The van der Waals surface area contributed by atoms with Crippen LogP contribution in [0, 0.1) is 0 Å². The molecule has 3 rings (SSSR count). The molecule has 2 aromatic carbocycles. The van der Waals surface area contributed by atoms with Crippen LogP contribution < -0.4 is 15.4 Å². The van der Waals surface area contributed by atoms with E-state index in [9.17, 15) is 4.79 Å². The summed E-state index contributed by atoms with van der Waals surface area (Å²) in [7, 11) is 0. The van der Waals surface area contributed by atoms with Crippen molar-refractivity contribution in [3.8, 4) is 11.5 Å². The lowest BCUT2D eigenvalue weighted by molar-refractivity contribution is -0.117. The molecule has 0 aromatic heterocycles. The van der Waals surface area contributed by atoms with Crippen molar-refractivity contribution in [1.29, 1.82) is 0 Å². The summed E-state index contributed by atoms with van der Waals surface area (Å²) in [4.78, 5) is 12.2. The van der Waals surface area contributed by atoms with E-state index >= 15 is 0 Å². The van der Waals surface area contributed by atoms with Gasteiger partial charge in [-0.15, -0.1) is 0 Å². The Balaban J connectivity index is 1.74. The molecule has 21 heavy (non-hydrogen) atoms. The van der Waals surface area contributed by atoms with Crippen LogP contribution in [0.15, 0.2) is 54.6 Å². The highest BCUT2D eigenvalue weighted by molar-refractivity contribution is 5.96. The van der Waals surface area contributed by atoms with Crippen LogP contribution in [0.25, 0.3) is 0 Å². The highest BCUT2D eigenvalue weighted by atomic mass is 16.5. The van der Waals surface area contributed by atoms with Gasteiger partial charge in [0.1, 0.15) is 5.75 Å². The first-order valence-electron chi connectivity index (χ1n) is 7.19. The molecule has 0 bridgehead atoms. The Kier molecular flexibility index (Phi) is 4.17. The van der Waals surface area contributed by atoms with Gasteiger partial charge in [0.25, 0.3) is 0 Å². The maximum atomic E-state index is 12.2. The maximum absolute atomic E-state index is 12.2. The molecule has 1 heterocycles. The van der Waals surface area contributed by atoms with E-state index in [2.05, 4.69) is 10.6 Å². The second-order valence-corrected chi connectivity index (χ2v) is 5.05. The molecule has 4 heteroatoms. The average molecular weight is 282 g/mol. The van der Waals surface area contributed by atoms with E-state index in [0.29, 0.717) is 11.4 Å². The summed E-state index contributed by atoms with van der Waals surface area (Å²) in [5, 5.41) is 6.14. The number of hydrogen-bond acceptors (Lipinski definition) is 3. The van der Waals surface area contributed by atoms with Crippen LogP contribution in [-0.2, 0) is 4.79 Å². The third-order valence-electron chi connectivity index (χ3n) is 3.49. The Morgan fingerprint density at radius 3 is 2.62 bits per heavy atom. The van der Waals surface area contributed by atoms with Crippen molar-refractivity contribution in [2.45, 2.75) is 18.9 Å². The number of anilines is 1. The largest absolute Gasteiger partial charge is 0.455 e. The number of amides is 1. The van der Waals surface area contributed by atoms with Crippen LogP contribution in [0.1, 0.15) is 12.8 Å². The first kappa shape index (κ1) is 13.6. The van der Waals surface area contributed by atoms with Gasteiger partial charge in [0.2, 0.25) is 5.91 Å². The molecule has 0 radical (unpaired) electrons. The van der Waals surface area contributed by atoms with Crippen molar-refractivity contribution in [3.63, 3.8) is 0 Å². The number of benzene rings is 2. The van der Waals surface area contributed by atoms with Crippen LogP contribution in [0.3, 0.4) is 0 Å². The van der Waals surface area contributed by atoms with Crippen LogP contribution in [0.4, 0.5) is 5.69 Å². The minimum atomic E-state index is -0.102. The molecule has 1 aliphatic rings. The van der Waals surface area contributed by atoms with E-state index in [1.165, 1.54) is 0 Å². The summed E-state index contributed by atoms with van der Waals surface area (Å²) in [6.07, 6.45) is 1.92. The Morgan fingerprint density at radius 2 is 1.86 bits per heavy atom. The van der Waals surface area contributed by atoms with Crippen molar-refractivity contribution in [2.24, 2.45) is 0 Å². The number of nitrogens with one attached hydrogen (secondary N) is 2. The van der Waals surface area contributed by atoms with Crippen molar-refractivity contribution >= 4 is 11.6 Å². The summed E-state index contributed by atoms with van der Waals surface area (Å²) in [5.41, 5.74) is 0.694. The van der Waals surface area contributed by atoms with E-state index < -0.39 is 0 Å². The summed E-state index contributed by atoms with van der Waals surface area (Å²) in [6.45, 7) is 0.903. The lowest BCUT2D eigenvalue weighted by Gasteiger charge is -2.14. The van der Waals surface area contributed by atoms with E-state index in [1.807, 2.05) is 54.6 Å². The smallest absolute Gasteiger partial charge is 0.241 e. The third kappa shape index (κ3) is 3.41. The molecular weight excluding hydrogens is 264 g/mol. The van der Waals surface area contributed by atoms with Gasteiger partial charge < -0.3 is 15.4 Å². The van der Waals surface area contributed by atoms with Crippen LogP contribution in [0.2, 0.25) is 0 Å². The van der Waals surface area contributed by atoms with Crippen LogP contribution in [0.5, 0.6) is 11.5 Å². The molecule has 1 aliphatic heterocycles. The van der Waals surface area contributed by atoms with Crippen molar-refractivity contribution in [3.05, 3.63) is 54.6 Å². The van der Waals surface area contributed by atoms with Crippen LogP contribution >= 0.6 is 0 Å². The highest BCUT2D eigenvalue weighted by Gasteiger charge is 2.22. The van der Waals surface area contributed by atoms with Crippen molar-refractivity contribution in [1.82, 2.24) is 5.32 Å². The number of carbonyl (C=O) groups excluding carboxylic acids is 1. The van der Waals surface area contributed by atoms with E-state index in [4.69, 9.17) is 4.74 Å². The number of para-hydroxylation sites is 3. The minimum absolute atomic E-state index is 0.00314. The number of hydrogen-bond donors (Lipinski definition) is 2. The van der Waals surface area contributed by atoms with Gasteiger partial charge in [-0.2, -0.15) is 0 Å². The summed E-state index contributed by atoms with van der Waals surface area (Å²) >= 11 is 0. The van der Waals surface area contributed by atoms with E-state index in [1.54, 1.807) is 0 Å². The molecule has 4 nitrogen and oxygen atoms in total. The Bertz CT molecular complexity index is 607. The third-order valence-corrected chi connectivity index (χ3v) is 3.49. The second-order valence-electron chi connectivity index (χ2n) is 5.05. The Labute approximate surface area is 124 Å². The molecule has 2 N–H and O–H groups in total. The molecule has 108 valence electrons. The Hall–Kier alpha value is -2.33. The zero-order valence-corrected chi connectivity index (χ0v) is 11.7. The fourth-order valence-corrected chi connectivity index (χ4v) is 2.40. The number of carbonyl (C=O) groups is 1. The van der Waals surface area contributed by atoms with E-state index in [0.717, 1.165) is 25.1 Å². The molecular formula is C17H18N2O2. The van der Waals surface area contributed by atoms with Crippen molar-refractivity contribution < 1.29 is 9.53 Å². The SMILES string of the molecule is O=C(Nc1ccccc1Oc1ccccc1)[C@@H]1CCCN1. The molecule has 1 amide bonds. The minimum Gasteiger partial charge on any atom is -0.455 e. The molecule has 1 saturated heterocycles. The molecule has 0 unspecified atom stereocenters. The van der Waals surface area contributed by atoms with Gasteiger partial charge in [-0.1, -0.05) is 30.3 Å². The molecule has 1 fully saturated rings. The lowest BCUT2D eigenvalue weighted by Crippen LogP contribution is -2.35. The van der Waals surface area contributed by atoms with Gasteiger partial charge in [0, 0.05) is 0 Å². The maximum Gasteiger partial charge on any atom is 0.241 e. The first-order chi connectivity index (χ1) is 10.3. The average Bonchev–Trinajstić information content (AvgIpc) is 3.05. The standard InChI is InChI=1S/C17H18N2O2/c20-17(15-10-6-12-18-15)19-14-9-4-5-11-16(14)21-13-7-2-1-3-8-13/h1-5,7-9,11,15,18H,6,10,12H2,(H,19,20)/t15-/m0/s1. The zero-order valence-electron chi connectivity index (χ0n) is 11.7. The summed E-state index contributed by atoms with van der Waals surface area (Å²) in [5.74, 6) is 1.39. The fourth-order valence-electron chi connectivity index (χ4n) is 2.40. The quantitative estimate of drug-likeness (QED) is 0.905. The van der Waals surface area contributed by atoms with Crippen molar-refractivity contribution in [2.75, 3.05) is 11.9 Å². The first-order valence-corrected chi connectivity index (χ1v) is 7.19. The van der Waals surface area contributed by atoms with Gasteiger partial charge in [0.05, 0.1) is 11.7 Å². The van der Waals surface area contributed by atoms with Gasteiger partial charge in [-0.25, -0.2) is 0 Å². The topological polar surface area (TPSA) is 50.4 Å². The fraction of sp³-hybridized carbons (Fsp3) is 0.235. The number of rotatable bonds is 4. The summed E-state index contributed by atoms with van der Waals surface area (Å²) in [6, 6.07) is 16.9. The Morgan fingerprint density at radius 1 is 1.10 bits per heavy atom. The monoisotopic (exact) mass is 282 g/mol. The van der Waals surface area contributed by atoms with Gasteiger partial charge >= 0.3 is 0 Å². The molecule has 0 spiro atoms. The molecule has 0 aliphatic carbocycles. The normalized spacial score (nSPS) is 17.4. The van der Waals surface area contributed by atoms with Gasteiger partial charge in [-0.05, 0) is 43.7 Å². The van der Waals surface area contributed by atoms with Gasteiger partial charge in [0.15, 0.2) is 5.75 Å². The molecule has 0 saturated carbocycles.